The molecule has 2 amide bonds. The van der Waals surface area contributed by atoms with Crippen LogP contribution in [0.5, 0.6) is 0 Å². The summed E-state index contributed by atoms with van der Waals surface area (Å²) in [6, 6.07) is 3.68. The number of furan rings is 1. The molecular weight excluding hydrogens is 380 g/mol. The van der Waals surface area contributed by atoms with Crippen molar-refractivity contribution >= 4 is 40.8 Å². The number of imide groups is 1. The molecule has 3 heterocycles. The van der Waals surface area contributed by atoms with E-state index in [0.29, 0.717) is 5.76 Å². The second-order valence-electron chi connectivity index (χ2n) is 7.93. The van der Waals surface area contributed by atoms with Gasteiger partial charge in [-0.1, -0.05) is 12.8 Å². The van der Waals surface area contributed by atoms with Gasteiger partial charge < -0.3 is 14.1 Å². The van der Waals surface area contributed by atoms with E-state index in [1.165, 1.54) is 12.8 Å². The quantitative estimate of drug-likeness (QED) is 0.551. The third-order valence-electron chi connectivity index (χ3n) is 4.38. The lowest BCUT2D eigenvalue weighted by Gasteiger charge is -2.21. The van der Waals surface area contributed by atoms with E-state index in [4.69, 9.17) is 9.15 Å². The Kier molecular flexibility index (Phi) is 6.17. The van der Waals surface area contributed by atoms with Crippen LogP contribution < -0.4 is 4.90 Å². The first-order valence-corrected chi connectivity index (χ1v) is 10.4. The fourth-order valence-electron chi connectivity index (χ4n) is 3.15. The molecule has 7 nitrogen and oxygen atoms in total. The topological polar surface area (TPSA) is 80.1 Å². The number of ether oxygens (including phenoxy) is 1. The van der Waals surface area contributed by atoms with Gasteiger partial charge in [-0.25, -0.2) is 0 Å². The molecule has 2 aliphatic rings. The lowest BCUT2D eigenvalue weighted by molar-refractivity contribution is -0.156. The summed E-state index contributed by atoms with van der Waals surface area (Å²) in [5.74, 6) is 0.175. The Morgan fingerprint density at radius 2 is 1.86 bits per heavy atom. The number of amides is 2. The summed E-state index contributed by atoms with van der Waals surface area (Å²) >= 11 is 0.802. The van der Waals surface area contributed by atoms with Gasteiger partial charge >= 0.3 is 5.97 Å². The monoisotopic (exact) mass is 406 g/mol. The minimum atomic E-state index is -0.674. The van der Waals surface area contributed by atoms with E-state index in [2.05, 4.69) is 4.90 Å². The molecule has 1 aromatic heterocycles. The zero-order valence-corrected chi connectivity index (χ0v) is 17.3. The summed E-state index contributed by atoms with van der Waals surface area (Å²) in [5, 5.41) is -0.485. The molecule has 152 valence electrons. The average molecular weight is 407 g/mol. The van der Waals surface area contributed by atoms with Gasteiger partial charge in [0.2, 0.25) is 0 Å². The summed E-state index contributed by atoms with van der Waals surface area (Å²) in [5.41, 5.74) is -0.674. The van der Waals surface area contributed by atoms with Crippen LogP contribution in [-0.2, 0) is 14.3 Å². The molecule has 3 rings (SSSR count). The van der Waals surface area contributed by atoms with Crippen LogP contribution in [0.4, 0.5) is 10.7 Å². The Bertz CT molecular complexity index is 785. The van der Waals surface area contributed by atoms with Crippen molar-refractivity contribution in [2.24, 2.45) is 0 Å². The maximum Gasteiger partial charge on any atom is 0.326 e. The molecular formula is C20H26N2O5S. The van der Waals surface area contributed by atoms with Crippen LogP contribution in [0.2, 0.25) is 0 Å². The van der Waals surface area contributed by atoms with Crippen LogP contribution >= 0.6 is 11.8 Å². The Hall–Kier alpha value is -2.22. The number of carbonyl (C=O) groups excluding carboxylic acids is 3. The van der Waals surface area contributed by atoms with Gasteiger partial charge in [0.15, 0.2) is 5.88 Å². The van der Waals surface area contributed by atoms with Crippen molar-refractivity contribution in [1.29, 1.82) is 0 Å². The fourth-order valence-corrected chi connectivity index (χ4v) is 3.97. The molecule has 0 aromatic carbocycles. The molecule has 2 aliphatic heterocycles. The van der Waals surface area contributed by atoms with E-state index >= 15 is 0 Å². The summed E-state index contributed by atoms with van der Waals surface area (Å²) in [6.07, 6.45) is 6.30. The zero-order chi connectivity index (χ0) is 20.3. The smallest absolute Gasteiger partial charge is 0.326 e. The van der Waals surface area contributed by atoms with E-state index in [9.17, 15) is 14.4 Å². The van der Waals surface area contributed by atoms with Gasteiger partial charge in [0.1, 0.15) is 17.9 Å². The summed E-state index contributed by atoms with van der Waals surface area (Å²) in [4.78, 5) is 40.0. The lowest BCUT2D eigenvalue weighted by atomic mass is 10.2. The van der Waals surface area contributed by atoms with Crippen molar-refractivity contribution in [3.8, 4) is 0 Å². The molecule has 2 fully saturated rings. The first-order valence-electron chi connectivity index (χ1n) is 9.55. The largest absolute Gasteiger partial charge is 0.459 e. The maximum absolute atomic E-state index is 12.5. The number of carbonyl (C=O) groups is 3. The van der Waals surface area contributed by atoms with E-state index < -0.39 is 29.3 Å². The number of esters is 1. The van der Waals surface area contributed by atoms with Crippen molar-refractivity contribution in [3.05, 3.63) is 22.8 Å². The molecule has 0 saturated carbocycles. The van der Waals surface area contributed by atoms with Gasteiger partial charge in [-0.3, -0.25) is 19.3 Å². The van der Waals surface area contributed by atoms with Gasteiger partial charge in [-0.2, -0.15) is 0 Å². The average Bonchev–Trinajstić information content (AvgIpc) is 3.02. The van der Waals surface area contributed by atoms with Crippen molar-refractivity contribution < 1.29 is 23.5 Å². The molecule has 1 aromatic rings. The first-order chi connectivity index (χ1) is 13.2. The van der Waals surface area contributed by atoms with Crippen molar-refractivity contribution in [2.45, 2.75) is 52.1 Å². The Morgan fingerprint density at radius 1 is 1.18 bits per heavy atom. The molecule has 28 heavy (non-hydrogen) atoms. The fraction of sp³-hybridized carbons (Fsp3) is 0.550. The van der Waals surface area contributed by atoms with Crippen LogP contribution in [0.3, 0.4) is 0 Å². The molecule has 0 unspecified atom stereocenters. The van der Waals surface area contributed by atoms with Crippen LogP contribution in [0.15, 0.2) is 21.5 Å². The van der Waals surface area contributed by atoms with E-state index in [1.54, 1.807) is 32.9 Å². The zero-order valence-electron chi connectivity index (χ0n) is 16.5. The number of anilines is 1. The summed E-state index contributed by atoms with van der Waals surface area (Å²) < 4.78 is 11.1. The minimum Gasteiger partial charge on any atom is -0.459 e. The maximum atomic E-state index is 12.5. The van der Waals surface area contributed by atoms with Crippen LogP contribution in [-0.4, -0.2) is 47.3 Å². The highest BCUT2D eigenvalue weighted by Crippen LogP contribution is 2.33. The van der Waals surface area contributed by atoms with Crippen LogP contribution in [0.25, 0.3) is 6.08 Å². The van der Waals surface area contributed by atoms with E-state index in [1.807, 2.05) is 6.07 Å². The van der Waals surface area contributed by atoms with Gasteiger partial charge in [0.05, 0.1) is 4.91 Å². The highest BCUT2D eigenvalue weighted by atomic mass is 32.2. The number of thioether (sulfide) groups is 1. The molecule has 2 saturated heterocycles. The van der Waals surface area contributed by atoms with Crippen molar-refractivity contribution in [1.82, 2.24) is 4.90 Å². The van der Waals surface area contributed by atoms with Gasteiger partial charge in [0.25, 0.3) is 11.1 Å². The molecule has 0 spiro atoms. The van der Waals surface area contributed by atoms with Crippen LogP contribution in [0.1, 0.15) is 52.2 Å². The highest BCUT2D eigenvalue weighted by molar-refractivity contribution is 8.18. The van der Waals surface area contributed by atoms with Crippen molar-refractivity contribution in [3.63, 3.8) is 0 Å². The second kappa shape index (κ2) is 8.43. The summed E-state index contributed by atoms with van der Waals surface area (Å²) in [6.45, 7) is 6.72. The SMILES string of the molecule is CC(C)(C)OC(=O)CN1C(=O)S/C(=C\c2ccc(N3CCCCCC3)o2)C1=O. The van der Waals surface area contributed by atoms with Gasteiger partial charge in [-0.15, -0.1) is 0 Å². The minimum absolute atomic E-state index is 0.241. The molecule has 0 N–H and O–H groups in total. The first kappa shape index (κ1) is 20.5. The summed E-state index contributed by atoms with van der Waals surface area (Å²) in [7, 11) is 0. The number of hydrogen-bond donors (Lipinski definition) is 0. The van der Waals surface area contributed by atoms with Gasteiger partial charge in [0, 0.05) is 25.2 Å². The molecule has 8 heteroatoms. The Balaban J connectivity index is 1.67. The third-order valence-corrected chi connectivity index (χ3v) is 5.29. The van der Waals surface area contributed by atoms with E-state index in [-0.39, 0.29) is 4.91 Å². The number of hydrogen-bond acceptors (Lipinski definition) is 7. The van der Waals surface area contributed by atoms with Gasteiger partial charge in [-0.05, 0) is 51.4 Å². The third kappa shape index (κ3) is 5.19. The van der Waals surface area contributed by atoms with Crippen molar-refractivity contribution in [2.75, 3.05) is 24.5 Å². The second-order valence-corrected chi connectivity index (χ2v) is 8.92. The van der Waals surface area contributed by atoms with Crippen LogP contribution in [0, 0.1) is 0 Å². The standard InChI is InChI=1S/C20H26N2O5S/c1-20(2,3)27-17(23)13-22-18(24)15(28-19(22)25)12-14-8-9-16(26-14)21-10-6-4-5-7-11-21/h8-9,12H,4-7,10-11,13H2,1-3H3/b15-12-. The Morgan fingerprint density at radius 3 is 2.50 bits per heavy atom. The molecule has 0 bridgehead atoms. The van der Waals surface area contributed by atoms with E-state index in [0.717, 1.165) is 48.5 Å². The Labute approximate surface area is 169 Å². The predicted octanol–water partition coefficient (Wildman–Crippen LogP) is 4.04. The molecule has 0 atom stereocenters. The molecule has 0 radical (unpaired) electrons. The number of nitrogens with zero attached hydrogens (tertiary/aromatic N) is 2. The number of rotatable bonds is 4. The lowest BCUT2D eigenvalue weighted by Crippen LogP contribution is -2.37. The highest BCUT2D eigenvalue weighted by Gasteiger charge is 2.37. The predicted molar refractivity (Wildman–Crippen MR) is 108 cm³/mol. The normalized spacial score (nSPS) is 20.0. The molecule has 0 aliphatic carbocycles.